The summed E-state index contributed by atoms with van der Waals surface area (Å²) in [6.45, 7) is 1.32. The lowest BCUT2D eigenvalue weighted by atomic mass is 10.2. The van der Waals surface area contributed by atoms with Crippen LogP contribution < -0.4 is 9.46 Å². The predicted octanol–water partition coefficient (Wildman–Crippen LogP) is 2.77. The molecule has 0 saturated carbocycles. The summed E-state index contributed by atoms with van der Waals surface area (Å²) in [5, 5.41) is 0. The fourth-order valence-corrected chi connectivity index (χ4v) is 3.14. The van der Waals surface area contributed by atoms with Gasteiger partial charge in [0, 0.05) is 12.6 Å². The summed E-state index contributed by atoms with van der Waals surface area (Å²) in [6, 6.07) is 6.36. The van der Waals surface area contributed by atoms with Gasteiger partial charge in [0.1, 0.15) is 18.2 Å². The highest BCUT2D eigenvalue weighted by Gasteiger charge is 2.16. The molecule has 2 rings (SSSR count). The van der Waals surface area contributed by atoms with Crippen molar-refractivity contribution >= 4 is 10.0 Å². The Morgan fingerprint density at radius 2 is 1.78 bits per heavy atom. The zero-order valence-electron chi connectivity index (χ0n) is 12.1. The van der Waals surface area contributed by atoms with Crippen molar-refractivity contribution in [3.63, 3.8) is 0 Å². The maximum atomic E-state index is 13.0. The average molecular weight is 345 g/mol. The SMILES string of the molecule is Cc1cc(F)ccc1S(=O)(=O)NCCOc1ccc(F)c(F)c1. The van der Waals surface area contributed by atoms with Crippen LogP contribution in [0.4, 0.5) is 13.2 Å². The van der Waals surface area contributed by atoms with Crippen LogP contribution >= 0.6 is 0 Å². The van der Waals surface area contributed by atoms with E-state index in [2.05, 4.69) is 4.72 Å². The molecular weight excluding hydrogens is 331 g/mol. The topological polar surface area (TPSA) is 55.4 Å². The van der Waals surface area contributed by atoms with Crippen LogP contribution in [0.1, 0.15) is 5.56 Å². The molecule has 0 unspecified atom stereocenters. The van der Waals surface area contributed by atoms with Gasteiger partial charge in [0.15, 0.2) is 11.6 Å². The van der Waals surface area contributed by atoms with Gasteiger partial charge in [0.05, 0.1) is 4.90 Å². The van der Waals surface area contributed by atoms with Crippen molar-refractivity contribution in [3.8, 4) is 5.75 Å². The molecule has 0 aliphatic rings. The third-order valence-electron chi connectivity index (χ3n) is 2.98. The minimum Gasteiger partial charge on any atom is -0.492 e. The van der Waals surface area contributed by atoms with Crippen molar-refractivity contribution in [2.45, 2.75) is 11.8 Å². The molecule has 2 aromatic rings. The van der Waals surface area contributed by atoms with E-state index >= 15 is 0 Å². The Morgan fingerprint density at radius 3 is 2.43 bits per heavy atom. The monoisotopic (exact) mass is 345 g/mol. The molecule has 23 heavy (non-hydrogen) atoms. The van der Waals surface area contributed by atoms with Crippen molar-refractivity contribution in [1.82, 2.24) is 4.72 Å². The first kappa shape index (κ1) is 17.3. The highest BCUT2D eigenvalue weighted by Crippen LogP contribution is 2.17. The Kier molecular flexibility index (Phi) is 5.27. The molecule has 2 aromatic carbocycles. The first-order valence-electron chi connectivity index (χ1n) is 6.63. The molecule has 0 aromatic heterocycles. The number of ether oxygens (including phenoxy) is 1. The van der Waals surface area contributed by atoms with Gasteiger partial charge >= 0.3 is 0 Å². The molecule has 0 bridgehead atoms. The highest BCUT2D eigenvalue weighted by molar-refractivity contribution is 7.89. The quantitative estimate of drug-likeness (QED) is 0.819. The van der Waals surface area contributed by atoms with Crippen LogP contribution in [-0.2, 0) is 10.0 Å². The smallest absolute Gasteiger partial charge is 0.240 e. The summed E-state index contributed by atoms with van der Waals surface area (Å²) in [5.41, 5.74) is 0.277. The van der Waals surface area contributed by atoms with E-state index in [0.29, 0.717) is 0 Å². The van der Waals surface area contributed by atoms with E-state index in [9.17, 15) is 21.6 Å². The highest BCUT2D eigenvalue weighted by atomic mass is 32.2. The second kappa shape index (κ2) is 7.01. The average Bonchev–Trinajstić information content (AvgIpc) is 2.47. The number of nitrogens with one attached hydrogen (secondary N) is 1. The molecule has 1 N–H and O–H groups in total. The molecule has 0 heterocycles. The van der Waals surface area contributed by atoms with Gasteiger partial charge in [-0.2, -0.15) is 0 Å². The van der Waals surface area contributed by atoms with E-state index < -0.39 is 27.5 Å². The Labute approximate surface area is 132 Å². The maximum Gasteiger partial charge on any atom is 0.240 e. The number of sulfonamides is 1. The molecule has 0 saturated heterocycles. The molecule has 0 aliphatic heterocycles. The van der Waals surface area contributed by atoms with Crippen molar-refractivity contribution in [3.05, 3.63) is 59.4 Å². The van der Waals surface area contributed by atoms with Gasteiger partial charge in [-0.25, -0.2) is 26.3 Å². The van der Waals surface area contributed by atoms with Crippen LogP contribution in [0.2, 0.25) is 0 Å². The zero-order valence-corrected chi connectivity index (χ0v) is 13.0. The number of halogens is 3. The van der Waals surface area contributed by atoms with Gasteiger partial charge in [-0.15, -0.1) is 0 Å². The standard InChI is InChI=1S/C15H14F3NO3S/c1-10-8-11(16)2-5-15(10)23(20,21)19-6-7-22-12-3-4-13(17)14(18)9-12/h2-5,8-9,19H,6-7H2,1H3. The van der Waals surface area contributed by atoms with Gasteiger partial charge in [-0.05, 0) is 42.8 Å². The molecular formula is C15H14F3NO3S. The second-order valence-electron chi connectivity index (χ2n) is 4.73. The normalized spacial score (nSPS) is 11.5. The molecule has 0 fully saturated rings. The van der Waals surface area contributed by atoms with E-state index in [1.54, 1.807) is 0 Å². The third-order valence-corrected chi connectivity index (χ3v) is 4.60. The number of rotatable bonds is 6. The van der Waals surface area contributed by atoms with E-state index in [1.165, 1.54) is 19.1 Å². The van der Waals surface area contributed by atoms with Crippen molar-refractivity contribution in [1.29, 1.82) is 0 Å². The molecule has 0 amide bonds. The third kappa shape index (κ3) is 4.46. The van der Waals surface area contributed by atoms with E-state index in [-0.39, 0.29) is 29.4 Å². The lowest BCUT2D eigenvalue weighted by molar-refractivity contribution is 0.319. The minimum atomic E-state index is -3.81. The summed E-state index contributed by atoms with van der Waals surface area (Å²) >= 11 is 0. The first-order chi connectivity index (χ1) is 10.8. The van der Waals surface area contributed by atoms with E-state index in [1.807, 2.05) is 0 Å². The second-order valence-corrected chi connectivity index (χ2v) is 6.47. The van der Waals surface area contributed by atoms with E-state index in [0.717, 1.165) is 24.3 Å². The number of benzene rings is 2. The zero-order chi connectivity index (χ0) is 17.0. The summed E-state index contributed by atoms with van der Waals surface area (Å²) < 4.78 is 70.3. The number of hydrogen-bond donors (Lipinski definition) is 1. The maximum absolute atomic E-state index is 13.0. The molecule has 4 nitrogen and oxygen atoms in total. The summed E-state index contributed by atoms with van der Waals surface area (Å²) in [7, 11) is -3.81. The molecule has 0 spiro atoms. The molecule has 0 aliphatic carbocycles. The van der Waals surface area contributed by atoms with Crippen molar-refractivity contribution in [2.75, 3.05) is 13.2 Å². The van der Waals surface area contributed by atoms with Gasteiger partial charge < -0.3 is 4.74 Å². The van der Waals surface area contributed by atoms with Crippen LogP contribution in [0.25, 0.3) is 0 Å². The van der Waals surface area contributed by atoms with Crippen LogP contribution in [0, 0.1) is 24.4 Å². The summed E-state index contributed by atoms with van der Waals surface area (Å²) in [4.78, 5) is -0.0354. The van der Waals surface area contributed by atoms with Gasteiger partial charge in [-0.3, -0.25) is 0 Å². The Morgan fingerprint density at radius 1 is 1.04 bits per heavy atom. The van der Waals surface area contributed by atoms with Crippen molar-refractivity contribution in [2.24, 2.45) is 0 Å². The summed E-state index contributed by atoms with van der Waals surface area (Å²) in [5.74, 6) is -2.49. The first-order valence-corrected chi connectivity index (χ1v) is 8.11. The molecule has 8 heteroatoms. The van der Waals surface area contributed by atoms with Gasteiger partial charge in [0.2, 0.25) is 10.0 Å². The van der Waals surface area contributed by atoms with E-state index in [4.69, 9.17) is 4.74 Å². The predicted molar refractivity (Wildman–Crippen MR) is 78.2 cm³/mol. The Balaban J connectivity index is 1.93. The fourth-order valence-electron chi connectivity index (χ4n) is 1.90. The van der Waals surface area contributed by atoms with Gasteiger partial charge in [0.25, 0.3) is 0 Å². The molecule has 0 radical (unpaired) electrons. The molecule has 124 valence electrons. The van der Waals surface area contributed by atoms with Gasteiger partial charge in [-0.1, -0.05) is 0 Å². The number of hydrogen-bond acceptors (Lipinski definition) is 3. The Bertz CT molecular complexity index is 810. The van der Waals surface area contributed by atoms with Crippen LogP contribution in [0.5, 0.6) is 5.75 Å². The van der Waals surface area contributed by atoms with Crippen LogP contribution in [0.3, 0.4) is 0 Å². The minimum absolute atomic E-state index is 0.0354. The Hall–Kier alpha value is -2.06. The fraction of sp³-hybridized carbons (Fsp3) is 0.200. The van der Waals surface area contributed by atoms with Crippen LogP contribution in [-0.4, -0.2) is 21.6 Å². The number of aryl methyl sites for hydroxylation is 1. The molecule has 0 atom stereocenters. The lowest BCUT2D eigenvalue weighted by Crippen LogP contribution is -2.28. The summed E-state index contributed by atoms with van der Waals surface area (Å²) in [6.07, 6.45) is 0. The largest absolute Gasteiger partial charge is 0.492 e. The lowest BCUT2D eigenvalue weighted by Gasteiger charge is -2.10. The van der Waals surface area contributed by atoms with Crippen LogP contribution in [0.15, 0.2) is 41.3 Å². The van der Waals surface area contributed by atoms with Crippen molar-refractivity contribution < 1.29 is 26.3 Å².